The fourth-order valence-electron chi connectivity index (χ4n) is 2.44. The van der Waals surface area contributed by atoms with E-state index in [1.807, 2.05) is 67.6 Å². The van der Waals surface area contributed by atoms with Gasteiger partial charge in [0.15, 0.2) is 5.78 Å². The zero-order valence-corrected chi connectivity index (χ0v) is 11.3. The molecule has 20 heavy (non-hydrogen) atoms. The fraction of sp³-hybridized carbons (Fsp3) is 0.111. The van der Waals surface area contributed by atoms with Crippen molar-refractivity contribution in [1.29, 1.82) is 0 Å². The first-order valence-electron chi connectivity index (χ1n) is 6.67. The first kappa shape index (κ1) is 12.5. The van der Waals surface area contributed by atoms with E-state index in [-0.39, 0.29) is 5.78 Å². The van der Waals surface area contributed by atoms with Gasteiger partial charge in [-0.3, -0.25) is 9.78 Å². The summed E-state index contributed by atoms with van der Waals surface area (Å²) < 4.78 is 0. The van der Waals surface area contributed by atoms with Gasteiger partial charge in [0, 0.05) is 23.1 Å². The molecule has 2 nitrogen and oxygen atoms in total. The number of fused-ring (bicyclic) bond motifs is 1. The lowest BCUT2D eigenvalue weighted by atomic mass is 9.99. The molecule has 3 rings (SSSR count). The predicted molar refractivity (Wildman–Crippen MR) is 81.0 cm³/mol. The molecule has 0 spiro atoms. The molecule has 0 atom stereocenters. The van der Waals surface area contributed by atoms with Crippen molar-refractivity contribution in [3.63, 3.8) is 0 Å². The lowest BCUT2D eigenvalue weighted by Crippen LogP contribution is -2.04. The number of ketones is 1. The molecule has 98 valence electrons. The number of rotatable bonds is 3. The van der Waals surface area contributed by atoms with Gasteiger partial charge in [0.05, 0.1) is 5.52 Å². The molecule has 0 bridgehead atoms. The van der Waals surface area contributed by atoms with Crippen LogP contribution in [-0.2, 0) is 6.42 Å². The van der Waals surface area contributed by atoms with Gasteiger partial charge < -0.3 is 0 Å². The van der Waals surface area contributed by atoms with Gasteiger partial charge >= 0.3 is 0 Å². The van der Waals surface area contributed by atoms with E-state index in [4.69, 9.17) is 0 Å². The molecule has 1 aromatic heterocycles. The normalized spacial score (nSPS) is 10.7. The summed E-state index contributed by atoms with van der Waals surface area (Å²) in [6.07, 6.45) is 0.411. The van der Waals surface area contributed by atoms with Gasteiger partial charge in [0.2, 0.25) is 0 Å². The Morgan fingerprint density at radius 1 is 1.00 bits per heavy atom. The molecule has 0 aliphatic carbocycles. The van der Waals surface area contributed by atoms with Gasteiger partial charge in [-0.25, -0.2) is 0 Å². The molecule has 0 N–H and O–H groups in total. The average molecular weight is 261 g/mol. The van der Waals surface area contributed by atoms with Crippen molar-refractivity contribution >= 4 is 16.7 Å². The van der Waals surface area contributed by atoms with Gasteiger partial charge in [0.1, 0.15) is 0 Å². The molecule has 0 aliphatic rings. The summed E-state index contributed by atoms with van der Waals surface area (Å²) in [5, 5.41) is 1.06. The van der Waals surface area contributed by atoms with Crippen LogP contribution < -0.4 is 0 Å². The molecule has 0 saturated carbocycles. The molecular formula is C18H15NO. The molecule has 0 aliphatic heterocycles. The number of pyridine rings is 1. The maximum atomic E-state index is 12.3. The minimum atomic E-state index is 0.140. The van der Waals surface area contributed by atoms with Crippen molar-refractivity contribution in [2.75, 3.05) is 0 Å². The number of hydrogen-bond acceptors (Lipinski definition) is 2. The highest BCUT2D eigenvalue weighted by Crippen LogP contribution is 2.20. The number of carbonyl (C=O) groups excluding carboxylic acids is 1. The van der Waals surface area contributed by atoms with Crippen LogP contribution in [0, 0.1) is 6.92 Å². The molecule has 0 fully saturated rings. The van der Waals surface area contributed by atoms with Gasteiger partial charge in [-0.1, -0.05) is 48.5 Å². The highest BCUT2D eigenvalue weighted by molar-refractivity contribution is 5.99. The first-order valence-corrected chi connectivity index (χ1v) is 6.67. The van der Waals surface area contributed by atoms with Crippen molar-refractivity contribution in [3.05, 3.63) is 77.5 Å². The van der Waals surface area contributed by atoms with Crippen LogP contribution in [0.25, 0.3) is 10.9 Å². The Hall–Kier alpha value is -2.48. The van der Waals surface area contributed by atoms with E-state index < -0.39 is 0 Å². The summed E-state index contributed by atoms with van der Waals surface area (Å²) in [4.78, 5) is 16.9. The average Bonchev–Trinajstić information content (AvgIpc) is 2.48. The Morgan fingerprint density at radius 3 is 2.50 bits per heavy atom. The molecule has 0 unspecified atom stereocenters. The number of aryl methyl sites for hydroxylation is 1. The first-order chi connectivity index (χ1) is 9.74. The number of carbonyl (C=O) groups is 1. The van der Waals surface area contributed by atoms with E-state index in [0.29, 0.717) is 6.42 Å². The maximum absolute atomic E-state index is 12.3. The van der Waals surface area contributed by atoms with Crippen molar-refractivity contribution in [2.24, 2.45) is 0 Å². The second-order valence-corrected chi connectivity index (χ2v) is 4.91. The monoisotopic (exact) mass is 261 g/mol. The number of nitrogens with zero attached hydrogens (tertiary/aromatic N) is 1. The summed E-state index contributed by atoms with van der Waals surface area (Å²) in [5.74, 6) is 0.140. The smallest absolute Gasteiger partial charge is 0.167 e. The van der Waals surface area contributed by atoms with Crippen molar-refractivity contribution in [2.45, 2.75) is 13.3 Å². The molecule has 2 aromatic carbocycles. The van der Waals surface area contributed by atoms with Crippen LogP contribution in [-0.4, -0.2) is 10.8 Å². The molecule has 0 saturated heterocycles. The van der Waals surface area contributed by atoms with Crippen LogP contribution in [0.4, 0.5) is 0 Å². The van der Waals surface area contributed by atoms with Gasteiger partial charge in [-0.15, -0.1) is 0 Å². The van der Waals surface area contributed by atoms with E-state index in [9.17, 15) is 4.79 Å². The Morgan fingerprint density at radius 2 is 1.70 bits per heavy atom. The summed E-state index contributed by atoms with van der Waals surface area (Å²) in [7, 11) is 0. The standard InChI is InChI=1S/C18H15NO/c1-13-11-15(16-9-5-6-10-17(16)19-13)12-18(20)14-7-3-2-4-8-14/h2-11H,12H2,1H3. The number of hydrogen-bond donors (Lipinski definition) is 0. The summed E-state index contributed by atoms with van der Waals surface area (Å²) in [5.41, 5.74) is 3.69. The quantitative estimate of drug-likeness (QED) is 0.668. The summed E-state index contributed by atoms with van der Waals surface area (Å²) >= 11 is 0. The summed E-state index contributed by atoms with van der Waals surface area (Å²) in [6, 6.07) is 19.4. The lowest BCUT2D eigenvalue weighted by molar-refractivity contribution is 0.0993. The third-order valence-electron chi connectivity index (χ3n) is 3.38. The SMILES string of the molecule is Cc1cc(CC(=O)c2ccccc2)c2ccccc2n1. The Kier molecular flexibility index (Phi) is 3.30. The Bertz CT molecular complexity index is 763. The van der Waals surface area contributed by atoms with Crippen LogP contribution in [0.5, 0.6) is 0 Å². The minimum Gasteiger partial charge on any atom is -0.294 e. The Labute approximate surface area is 118 Å². The van der Waals surface area contributed by atoms with Gasteiger partial charge in [0.25, 0.3) is 0 Å². The maximum Gasteiger partial charge on any atom is 0.167 e. The second kappa shape index (κ2) is 5.25. The zero-order chi connectivity index (χ0) is 13.9. The highest BCUT2D eigenvalue weighted by Gasteiger charge is 2.10. The number of aromatic nitrogens is 1. The predicted octanol–water partition coefficient (Wildman–Crippen LogP) is 3.97. The molecule has 0 radical (unpaired) electrons. The third-order valence-corrected chi connectivity index (χ3v) is 3.38. The van der Waals surface area contributed by atoms with Gasteiger partial charge in [-0.05, 0) is 24.6 Å². The lowest BCUT2D eigenvalue weighted by Gasteiger charge is -2.07. The van der Waals surface area contributed by atoms with E-state index in [0.717, 1.165) is 27.7 Å². The van der Waals surface area contributed by atoms with E-state index in [2.05, 4.69) is 4.98 Å². The number of Topliss-reactive ketones (excluding diaryl/α,β-unsaturated/α-hetero) is 1. The molecular weight excluding hydrogens is 246 g/mol. The molecule has 0 amide bonds. The molecule has 1 heterocycles. The third kappa shape index (κ3) is 2.45. The van der Waals surface area contributed by atoms with E-state index in [1.54, 1.807) is 0 Å². The largest absolute Gasteiger partial charge is 0.294 e. The van der Waals surface area contributed by atoms with Gasteiger partial charge in [-0.2, -0.15) is 0 Å². The van der Waals surface area contributed by atoms with Crippen LogP contribution in [0.2, 0.25) is 0 Å². The van der Waals surface area contributed by atoms with Crippen LogP contribution >= 0.6 is 0 Å². The number of para-hydroxylation sites is 1. The number of benzene rings is 2. The summed E-state index contributed by atoms with van der Waals surface area (Å²) in [6.45, 7) is 1.96. The molecule has 3 aromatic rings. The van der Waals surface area contributed by atoms with Crippen molar-refractivity contribution < 1.29 is 4.79 Å². The van der Waals surface area contributed by atoms with Crippen LogP contribution in [0.1, 0.15) is 21.6 Å². The Balaban J connectivity index is 2.01. The fourth-order valence-corrected chi connectivity index (χ4v) is 2.44. The topological polar surface area (TPSA) is 30.0 Å². The van der Waals surface area contributed by atoms with Crippen molar-refractivity contribution in [1.82, 2.24) is 4.98 Å². The van der Waals surface area contributed by atoms with E-state index >= 15 is 0 Å². The van der Waals surface area contributed by atoms with E-state index in [1.165, 1.54) is 0 Å². The zero-order valence-electron chi connectivity index (χ0n) is 11.3. The van der Waals surface area contributed by atoms with Crippen molar-refractivity contribution in [3.8, 4) is 0 Å². The van der Waals surface area contributed by atoms with Crippen LogP contribution in [0.3, 0.4) is 0 Å². The second-order valence-electron chi connectivity index (χ2n) is 4.91. The minimum absolute atomic E-state index is 0.140. The highest BCUT2D eigenvalue weighted by atomic mass is 16.1. The van der Waals surface area contributed by atoms with Crippen LogP contribution in [0.15, 0.2) is 60.7 Å². The molecule has 2 heteroatoms.